The summed E-state index contributed by atoms with van der Waals surface area (Å²) < 4.78 is 0. The molecule has 0 aliphatic carbocycles. The number of pyridine rings is 1. The van der Waals surface area contributed by atoms with E-state index in [1.54, 1.807) is 12.3 Å². The lowest BCUT2D eigenvalue weighted by Gasteiger charge is -2.00. The third kappa shape index (κ3) is 6.60. The van der Waals surface area contributed by atoms with E-state index in [4.69, 9.17) is 23.1 Å². The molecule has 1 aromatic heterocycles. The molecule has 1 aromatic rings. The minimum absolute atomic E-state index is 0. The van der Waals surface area contributed by atoms with E-state index in [2.05, 4.69) is 16.8 Å². The van der Waals surface area contributed by atoms with E-state index in [9.17, 15) is 0 Å². The average Bonchev–Trinajstić information content (AvgIpc) is 2.23. The van der Waals surface area contributed by atoms with Gasteiger partial charge in [-0.2, -0.15) is 0 Å². The number of hydrogen-bond acceptors (Lipinski definition) is 3. The zero-order chi connectivity index (χ0) is 11.3. The highest BCUT2D eigenvalue weighted by molar-refractivity contribution is 6.32. The summed E-state index contributed by atoms with van der Waals surface area (Å²) in [5.41, 5.74) is 12.0. The second-order valence-corrected chi connectivity index (χ2v) is 3.67. The number of halogens is 3. The number of nitrogens with zero attached hydrogens (tertiary/aromatic N) is 1. The fourth-order valence-electron chi connectivity index (χ4n) is 0.945. The van der Waals surface area contributed by atoms with Crippen LogP contribution in [0.5, 0.6) is 0 Å². The Morgan fingerprint density at radius 3 is 2.65 bits per heavy atom. The van der Waals surface area contributed by atoms with Crippen LogP contribution in [-0.2, 0) is 0 Å². The maximum absolute atomic E-state index is 5.80. The Labute approximate surface area is 119 Å². The first-order valence-corrected chi connectivity index (χ1v) is 5.16. The molecule has 0 saturated carbocycles. The lowest BCUT2D eigenvalue weighted by atomic mass is 10.1. The predicted octanol–water partition coefficient (Wildman–Crippen LogP) is 2.64. The highest BCUT2D eigenvalue weighted by Crippen LogP contribution is 2.15. The van der Waals surface area contributed by atoms with E-state index in [0.29, 0.717) is 17.3 Å². The van der Waals surface area contributed by atoms with Gasteiger partial charge in [0.05, 0.1) is 5.02 Å². The van der Waals surface area contributed by atoms with Crippen LogP contribution in [0.15, 0.2) is 12.3 Å². The van der Waals surface area contributed by atoms with Crippen LogP contribution in [0.2, 0.25) is 5.02 Å². The van der Waals surface area contributed by atoms with Gasteiger partial charge in [-0.1, -0.05) is 30.4 Å². The van der Waals surface area contributed by atoms with Gasteiger partial charge in [0.2, 0.25) is 0 Å². The van der Waals surface area contributed by atoms with Gasteiger partial charge >= 0.3 is 0 Å². The van der Waals surface area contributed by atoms with Crippen molar-refractivity contribution in [3.63, 3.8) is 0 Å². The quantitative estimate of drug-likeness (QED) is 0.825. The van der Waals surface area contributed by atoms with Crippen molar-refractivity contribution in [1.82, 2.24) is 4.98 Å². The summed E-state index contributed by atoms with van der Waals surface area (Å²) in [7, 11) is 0. The van der Waals surface area contributed by atoms with Crippen molar-refractivity contribution < 1.29 is 0 Å². The van der Waals surface area contributed by atoms with E-state index in [-0.39, 0.29) is 30.9 Å². The van der Waals surface area contributed by atoms with Gasteiger partial charge in [-0.3, -0.25) is 0 Å². The Balaban J connectivity index is 0. The summed E-state index contributed by atoms with van der Waals surface area (Å²) in [4.78, 5) is 3.91. The molecule has 0 amide bonds. The molecule has 0 fully saturated rings. The molecule has 6 heteroatoms. The van der Waals surface area contributed by atoms with Crippen LogP contribution in [0.3, 0.4) is 0 Å². The van der Waals surface area contributed by atoms with Crippen LogP contribution in [0, 0.1) is 11.8 Å². The van der Waals surface area contributed by atoms with Gasteiger partial charge in [-0.25, -0.2) is 4.98 Å². The summed E-state index contributed by atoms with van der Waals surface area (Å²) in [6, 6.07) is 1.84. The predicted molar refractivity (Wildman–Crippen MR) is 77.9 cm³/mol. The zero-order valence-corrected chi connectivity index (χ0v) is 11.8. The number of aromatic nitrogens is 1. The maximum Gasteiger partial charge on any atom is 0.142 e. The molecule has 0 unspecified atom stereocenters. The number of rotatable bonds is 2. The summed E-state index contributed by atoms with van der Waals surface area (Å²) in [5, 5.41) is 0.432. The minimum atomic E-state index is 0. The van der Waals surface area contributed by atoms with Crippen molar-refractivity contribution in [3.05, 3.63) is 22.8 Å². The molecule has 3 nitrogen and oxygen atoms in total. The van der Waals surface area contributed by atoms with Crippen LogP contribution >= 0.6 is 36.4 Å². The fraction of sp³-hybridized carbons (Fsp3) is 0.364. The van der Waals surface area contributed by atoms with Gasteiger partial charge in [0.15, 0.2) is 0 Å². The number of nitrogen functional groups attached to an aromatic ring is 1. The van der Waals surface area contributed by atoms with Crippen LogP contribution in [0.25, 0.3) is 0 Å². The molecule has 1 heterocycles. The third-order valence-electron chi connectivity index (χ3n) is 1.99. The van der Waals surface area contributed by atoms with Crippen molar-refractivity contribution in [2.75, 3.05) is 5.73 Å². The Kier molecular flexibility index (Phi) is 10.3. The second-order valence-electron chi connectivity index (χ2n) is 3.27. The first kappa shape index (κ1) is 18.7. The summed E-state index contributed by atoms with van der Waals surface area (Å²) >= 11 is 5.80. The first-order chi connectivity index (χ1) is 7.13. The lowest BCUT2D eigenvalue weighted by molar-refractivity contribution is 0.669. The van der Waals surface area contributed by atoms with Crippen molar-refractivity contribution in [3.8, 4) is 11.8 Å². The molecule has 0 aliphatic heterocycles. The van der Waals surface area contributed by atoms with E-state index < -0.39 is 0 Å². The van der Waals surface area contributed by atoms with Crippen molar-refractivity contribution in [2.45, 2.75) is 25.8 Å². The highest BCUT2D eigenvalue weighted by atomic mass is 35.5. The van der Waals surface area contributed by atoms with E-state index in [1.807, 2.05) is 6.92 Å². The Morgan fingerprint density at radius 1 is 1.47 bits per heavy atom. The Bertz CT molecular complexity index is 399. The molecular weight excluding hydrogens is 281 g/mol. The molecule has 0 bridgehead atoms. The monoisotopic (exact) mass is 295 g/mol. The van der Waals surface area contributed by atoms with E-state index in [0.717, 1.165) is 12.0 Å². The second kappa shape index (κ2) is 9.38. The molecule has 0 aromatic carbocycles. The molecule has 0 saturated heterocycles. The van der Waals surface area contributed by atoms with Crippen LogP contribution in [0.4, 0.5) is 5.82 Å². The van der Waals surface area contributed by atoms with Gasteiger partial charge < -0.3 is 11.5 Å². The highest BCUT2D eigenvalue weighted by Gasteiger charge is 1.97. The molecule has 0 radical (unpaired) electrons. The van der Waals surface area contributed by atoms with E-state index in [1.165, 1.54) is 0 Å². The largest absolute Gasteiger partial charge is 0.382 e. The topological polar surface area (TPSA) is 64.9 Å². The fourth-order valence-corrected chi connectivity index (χ4v) is 1.11. The van der Waals surface area contributed by atoms with Crippen LogP contribution < -0.4 is 11.5 Å². The maximum atomic E-state index is 5.80. The Hall–Kier alpha value is -0.660. The van der Waals surface area contributed by atoms with Crippen molar-refractivity contribution >= 4 is 42.2 Å². The lowest BCUT2D eigenvalue weighted by Crippen LogP contribution is -2.17. The molecule has 0 spiro atoms. The molecule has 96 valence electrons. The van der Waals surface area contributed by atoms with Crippen LogP contribution in [-0.4, -0.2) is 11.0 Å². The summed E-state index contributed by atoms with van der Waals surface area (Å²) in [6.45, 7) is 2.04. The molecular formula is C11H16Cl3N3. The van der Waals surface area contributed by atoms with Crippen molar-refractivity contribution in [1.29, 1.82) is 0 Å². The standard InChI is InChI=1S/C11H14ClN3.2ClH/c1-2-9(13)5-3-4-8-6-10(12)11(14)15-7-8;;/h6-7,9H,2,5,13H2,1H3,(H2,14,15);2*1H/t9-;;/m0../s1. The minimum Gasteiger partial charge on any atom is -0.382 e. The van der Waals surface area contributed by atoms with Crippen LogP contribution in [0.1, 0.15) is 25.3 Å². The SMILES string of the molecule is CC[C@H](N)CC#Cc1cnc(N)c(Cl)c1.Cl.Cl. The number of hydrogen-bond donors (Lipinski definition) is 2. The molecule has 4 N–H and O–H groups in total. The number of nitrogens with two attached hydrogens (primary N) is 2. The molecule has 1 rings (SSSR count). The normalized spacial score (nSPS) is 10.3. The number of anilines is 1. The third-order valence-corrected chi connectivity index (χ3v) is 2.29. The molecule has 0 aliphatic rings. The molecule has 1 atom stereocenters. The smallest absolute Gasteiger partial charge is 0.142 e. The van der Waals surface area contributed by atoms with Gasteiger partial charge in [-0.05, 0) is 12.5 Å². The van der Waals surface area contributed by atoms with Gasteiger partial charge in [0, 0.05) is 24.2 Å². The van der Waals surface area contributed by atoms with Crippen molar-refractivity contribution in [2.24, 2.45) is 5.73 Å². The van der Waals surface area contributed by atoms with Gasteiger partial charge in [0.25, 0.3) is 0 Å². The molecule has 17 heavy (non-hydrogen) atoms. The summed E-state index contributed by atoms with van der Waals surface area (Å²) in [5.74, 6) is 6.26. The van der Waals surface area contributed by atoms with E-state index >= 15 is 0 Å². The average molecular weight is 297 g/mol. The van der Waals surface area contributed by atoms with Gasteiger partial charge in [-0.15, -0.1) is 24.8 Å². The Morgan fingerprint density at radius 2 is 2.12 bits per heavy atom. The van der Waals surface area contributed by atoms with Gasteiger partial charge in [0.1, 0.15) is 5.82 Å². The summed E-state index contributed by atoms with van der Waals surface area (Å²) in [6.07, 6.45) is 3.21. The first-order valence-electron chi connectivity index (χ1n) is 4.79. The zero-order valence-electron chi connectivity index (χ0n) is 9.44.